The number of halogens is 3. The van der Waals surface area contributed by atoms with Crippen LogP contribution in [0.4, 0.5) is 13.2 Å². The highest BCUT2D eigenvalue weighted by Gasteiger charge is 2.35. The van der Waals surface area contributed by atoms with Gasteiger partial charge in [0.05, 0.1) is 23.1 Å². The van der Waals surface area contributed by atoms with Crippen LogP contribution < -0.4 is 0 Å². The zero-order chi connectivity index (χ0) is 15.2. The van der Waals surface area contributed by atoms with Crippen molar-refractivity contribution in [1.29, 1.82) is 0 Å². The molecule has 4 nitrogen and oxygen atoms in total. The fourth-order valence-electron chi connectivity index (χ4n) is 2.29. The molecule has 1 N–H and O–H groups in total. The lowest BCUT2D eigenvalue weighted by atomic mass is 10.0. The van der Waals surface area contributed by atoms with Crippen molar-refractivity contribution in [3.63, 3.8) is 0 Å². The number of aryl methyl sites for hydroxylation is 1. The Hall–Kier alpha value is -2.57. The molecule has 0 saturated heterocycles. The van der Waals surface area contributed by atoms with Crippen molar-refractivity contribution in [1.82, 2.24) is 14.4 Å². The number of phenolic OH excluding ortho intramolecular Hbond substituents is 1. The lowest BCUT2D eigenvalue weighted by Gasteiger charge is -2.16. The first-order valence-corrected chi connectivity index (χ1v) is 6.07. The van der Waals surface area contributed by atoms with Gasteiger partial charge in [-0.1, -0.05) is 0 Å². The van der Waals surface area contributed by atoms with Crippen molar-refractivity contribution < 1.29 is 18.3 Å². The van der Waals surface area contributed by atoms with Gasteiger partial charge in [0.15, 0.2) is 5.65 Å². The van der Waals surface area contributed by atoms with Crippen molar-refractivity contribution in [3.05, 3.63) is 48.0 Å². The number of hydrogen-bond donors (Lipinski definition) is 1. The third-order valence-electron chi connectivity index (χ3n) is 3.19. The molecule has 2 heterocycles. The van der Waals surface area contributed by atoms with E-state index in [4.69, 9.17) is 0 Å². The molecule has 0 aliphatic carbocycles. The standard InChI is InChI=1S/C14H10F3N3O/c1-8-13(20-5-4-18-12(20)7-19-8)10-3-2-9(21)6-11(10)14(15,16)17/h2-7,21H,1H3. The molecule has 0 aliphatic heterocycles. The fraction of sp³-hybridized carbons (Fsp3) is 0.143. The van der Waals surface area contributed by atoms with Gasteiger partial charge in [0.1, 0.15) is 5.75 Å². The lowest BCUT2D eigenvalue weighted by molar-refractivity contribution is -0.137. The Labute approximate surface area is 117 Å². The van der Waals surface area contributed by atoms with Gasteiger partial charge in [0.25, 0.3) is 0 Å². The number of aromatic hydroxyl groups is 1. The zero-order valence-corrected chi connectivity index (χ0v) is 10.9. The predicted octanol–water partition coefficient (Wildman–Crippen LogP) is 3.43. The molecular formula is C14H10F3N3O. The Bertz CT molecular complexity index is 824. The van der Waals surface area contributed by atoms with Crippen molar-refractivity contribution in [3.8, 4) is 17.0 Å². The number of benzene rings is 1. The quantitative estimate of drug-likeness (QED) is 0.748. The van der Waals surface area contributed by atoms with E-state index in [0.717, 1.165) is 0 Å². The van der Waals surface area contributed by atoms with Crippen LogP contribution in [0.25, 0.3) is 16.9 Å². The molecule has 0 fully saturated rings. The van der Waals surface area contributed by atoms with Crippen LogP contribution in [0.5, 0.6) is 5.75 Å². The van der Waals surface area contributed by atoms with Gasteiger partial charge in [0.2, 0.25) is 0 Å². The minimum absolute atomic E-state index is 0.0473. The summed E-state index contributed by atoms with van der Waals surface area (Å²) in [4.78, 5) is 8.11. The van der Waals surface area contributed by atoms with E-state index in [-0.39, 0.29) is 5.56 Å². The zero-order valence-electron chi connectivity index (χ0n) is 10.9. The van der Waals surface area contributed by atoms with Gasteiger partial charge in [-0.25, -0.2) is 4.98 Å². The molecule has 0 bridgehead atoms. The van der Waals surface area contributed by atoms with Crippen LogP contribution in [0.2, 0.25) is 0 Å². The van der Waals surface area contributed by atoms with Crippen LogP contribution in [0, 0.1) is 6.92 Å². The molecule has 0 saturated carbocycles. The number of aromatic nitrogens is 3. The number of rotatable bonds is 1. The second-order valence-corrected chi connectivity index (χ2v) is 4.58. The first-order chi connectivity index (χ1) is 9.88. The van der Waals surface area contributed by atoms with Crippen molar-refractivity contribution in [2.45, 2.75) is 13.1 Å². The summed E-state index contributed by atoms with van der Waals surface area (Å²) in [7, 11) is 0. The molecular weight excluding hydrogens is 283 g/mol. The van der Waals surface area contributed by atoms with Crippen LogP contribution in [0.3, 0.4) is 0 Å². The maximum atomic E-state index is 13.2. The largest absolute Gasteiger partial charge is 0.508 e. The highest BCUT2D eigenvalue weighted by molar-refractivity contribution is 5.70. The monoisotopic (exact) mass is 293 g/mol. The van der Waals surface area contributed by atoms with Crippen LogP contribution in [-0.4, -0.2) is 19.5 Å². The maximum absolute atomic E-state index is 13.2. The highest BCUT2D eigenvalue weighted by Crippen LogP contribution is 2.39. The molecule has 3 rings (SSSR count). The summed E-state index contributed by atoms with van der Waals surface area (Å²) in [6, 6.07) is 3.17. The first-order valence-electron chi connectivity index (χ1n) is 6.07. The average molecular weight is 293 g/mol. The summed E-state index contributed by atoms with van der Waals surface area (Å²) in [5, 5.41) is 9.36. The average Bonchev–Trinajstić information content (AvgIpc) is 2.86. The molecule has 0 spiro atoms. The number of nitrogens with zero attached hydrogens (tertiary/aromatic N) is 3. The summed E-state index contributed by atoms with van der Waals surface area (Å²) < 4.78 is 41.2. The first kappa shape index (κ1) is 13.4. The van der Waals surface area contributed by atoms with Gasteiger partial charge in [-0.15, -0.1) is 0 Å². The van der Waals surface area contributed by atoms with Gasteiger partial charge in [-0.05, 0) is 25.1 Å². The summed E-state index contributed by atoms with van der Waals surface area (Å²) in [6.07, 6.45) is -0.0181. The molecule has 0 atom stereocenters. The summed E-state index contributed by atoms with van der Waals surface area (Å²) in [5.41, 5.74) is 0.244. The van der Waals surface area contributed by atoms with Gasteiger partial charge in [-0.3, -0.25) is 9.38 Å². The fourth-order valence-corrected chi connectivity index (χ4v) is 2.29. The third kappa shape index (κ3) is 2.20. The number of imidazole rings is 1. The molecule has 108 valence electrons. The number of hydrogen-bond acceptors (Lipinski definition) is 3. The van der Waals surface area contributed by atoms with Crippen molar-refractivity contribution in [2.24, 2.45) is 0 Å². The van der Waals surface area contributed by atoms with E-state index in [1.165, 1.54) is 24.5 Å². The molecule has 21 heavy (non-hydrogen) atoms. The van der Waals surface area contributed by atoms with Gasteiger partial charge in [-0.2, -0.15) is 13.2 Å². The number of fused-ring (bicyclic) bond motifs is 1. The molecule has 0 radical (unpaired) electrons. The van der Waals surface area contributed by atoms with Crippen LogP contribution >= 0.6 is 0 Å². The minimum Gasteiger partial charge on any atom is -0.508 e. The van der Waals surface area contributed by atoms with Crippen LogP contribution in [0.15, 0.2) is 36.8 Å². The van der Waals surface area contributed by atoms with Gasteiger partial charge < -0.3 is 5.11 Å². The lowest BCUT2D eigenvalue weighted by Crippen LogP contribution is -2.09. The van der Waals surface area contributed by atoms with E-state index in [1.54, 1.807) is 17.5 Å². The van der Waals surface area contributed by atoms with Crippen molar-refractivity contribution in [2.75, 3.05) is 0 Å². The molecule has 0 aliphatic rings. The van der Waals surface area contributed by atoms with E-state index in [0.29, 0.717) is 23.1 Å². The van der Waals surface area contributed by atoms with E-state index >= 15 is 0 Å². The Morgan fingerprint density at radius 2 is 1.95 bits per heavy atom. The van der Waals surface area contributed by atoms with Crippen LogP contribution in [0.1, 0.15) is 11.3 Å². The SMILES string of the molecule is Cc1ncc2nccn2c1-c1ccc(O)cc1C(F)(F)F. The third-order valence-corrected chi connectivity index (χ3v) is 3.19. The summed E-state index contributed by atoms with van der Waals surface area (Å²) in [5.74, 6) is -0.436. The second kappa shape index (κ2) is 4.47. The summed E-state index contributed by atoms with van der Waals surface area (Å²) >= 11 is 0. The van der Waals surface area contributed by atoms with E-state index < -0.39 is 17.5 Å². The highest BCUT2D eigenvalue weighted by atomic mass is 19.4. The number of alkyl halides is 3. The predicted molar refractivity (Wildman–Crippen MR) is 69.8 cm³/mol. The van der Waals surface area contributed by atoms with E-state index in [2.05, 4.69) is 9.97 Å². The minimum atomic E-state index is -4.58. The van der Waals surface area contributed by atoms with Crippen molar-refractivity contribution >= 4 is 5.65 Å². The topological polar surface area (TPSA) is 50.4 Å². The second-order valence-electron chi connectivity index (χ2n) is 4.58. The number of phenols is 1. The van der Waals surface area contributed by atoms with E-state index in [1.807, 2.05) is 0 Å². The van der Waals surface area contributed by atoms with Gasteiger partial charge >= 0.3 is 6.18 Å². The summed E-state index contributed by atoms with van der Waals surface area (Å²) in [6.45, 7) is 1.63. The molecule has 0 unspecified atom stereocenters. The molecule has 0 amide bonds. The van der Waals surface area contributed by atoms with Gasteiger partial charge in [0, 0.05) is 18.0 Å². The molecule has 7 heteroatoms. The molecule has 3 aromatic rings. The normalized spacial score (nSPS) is 12.0. The molecule has 1 aromatic carbocycles. The Morgan fingerprint density at radius 1 is 1.19 bits per heavy atom. The Morgan fingerprint density at radius 3 is 2.67 bits per heavy atom. The van der Waals surface area contributed by atoms with E-state index in [9.17, 15) is 18.3 Å². The Kier molecular flexibility index (Phi) is 2.86. The maximum Gasteiger partial charge on any atom is 0.417 e. The Balaban J connectivity index is 2.38. The smallest absolute Gasteiger partial charge is 0.417 e. The molecule has 2 aromatic heterocycles. The van der Waals surface area contributed by atoms with Crippen LogP contribution in [-0.2, 0) is 6.18 Å².